The van der Waals surface area contributed by atoms with Crippen molar-refractivity contribution in [3.63, 3.8) is 0 Å². The molecule has 0 saturated carbocycles. The van der Waals surface area contributed by atoms with Crippen molar-refractivity contribution in [1.82, 2.24) is 30.3 Å². The first-order chi connectivity index (χ1) is 19.3. The van der Waals surface area contributed by atoms with Gasteiger partial charge in [-0.15, -0.1) is 0 Å². The van der Waals surface area contributed by atoms with E-state index in [0.29, 0.717) is 47.1 Å². The van der Waals surface area contributed by atoms with E-state index in [1.54, 1.807) is 48.7 Å². The highest BCUT2D eigenvalue weighted by Gasteiger charge is 2.53. The minimum atomic E-state index is -1.38. The number of benzene rings is 1. The average molecular weight is 544 g/mol. The van der Waals surface area contributed by atoms with Crippen LogP contribution in [0.3, 0.4) is 0 Å². The maximum atomic E-state index is 13.3. The van der Waals surface area contributed by atoms with Gasteiger partial charge in [-0.05, 0) is 43.9 Å². The molecule has 2 N–H and O–H groups in total. The highest BCUT2D eigenvalue weighted by molar-refractivity contribution is 6.10. The molecule has 1 fully saturated rings. The van der Waals surface area contributed by atoms with Crippen molar-refractivity contribution < 1.29 is 23.5 Å². The molecule has 1 aromatic carbocycles. The van der Waals surface area contributed by atoms with Crippen LogP contribution in [-0.2, 0) is 21.5 Å². The summed E-state index contributed by atoms with van der Waals surface area (Å²) in [5.74, 6) is 0.410. The Morgan fingerprint density at radius 3 is 2.67 bits per heavy atom. The van der Waals surface area contributed by atoms with Gasteiger partial charge >= 0.3 is 0 Å². The van der Waals surface area contributed by atoms with Crippen LogP contribution in [0.4, 0.5) is 11.5 Å². The Bertz CT molecular complexity index is 1610. The van der Waals surface area contributed by atoms with Crippen LogP contribution in [0.1, 0.15) is 28.1 Å². The number of fused-ring (bicyclic) bond motifs is 2. The summed E-state index contributed by atoms with van der Waals surface area (Å²) in [5.41, 5.74) is 1.85. The third-order valence-electron chi connectivity index (χ3n) is 7.48. The number of pyridine rings is 1. The van der Waals surface area contributed by atoms with Gasteiger partial charge in [-0.3, -0.25) is 24.8 Å². The summed E-state index contributed by atoms with van der Waals surface area (Å²) < 4.78 is 11.5. The fraction of sp³-hybridized carbons (Fsp3) is 0.321. The summed E-state index contributed by atoms with van der Waals surface area (Å²) in [5, 5.41) is 9.33. The molecule has 40 heavy (non-hydrogen) atoms. The first-order valence-electron chi connectivity index (χ1n) is 12.9. The minimum Gasteiger partial charge on any atom is -0.497 e. The fourth-order valence-corrected chi connectivity index (χ4v) is 5.34. The summed E-state index contributed by atoms with van der Waals surface area (Å²) in [4.78, 5) is 49.7. The second-order valence-corrected chi connectivity index (χ2v) is 10.4. The number of furan rings is 1. The number of hydrogen-bond acceptors (Lipinski definition) is 9. The number of amides is 3. The van der Waals surface area contributed by atoms with Crippen molar-refractivity contribution >= 4 is 40.3 Å². The monoisotopic (exact) mass is 543 g/mol. The van der Waals surface area contributed by atoms with Crippen LogP contribution in [0, 0.1) is 0 Å². The zero-order valence-corrected chi connectivity index (χ0v) is 22.4. The van der Waals surface area contributed by atoms with Crippen LogP contribution in [0.5, 0.6) is 5.75 Å². The van der Waals surface area contributed by atoms with Gasteiger partial charge in [0, 0.05) is 44.0 Å². The van der Waals surface area contributed by atoms with Gasteiger partial charge < -0.3 is 23.9 Å². The SMILES string of the molecule is COc1ccc2c(c1)C(=O)N(C[C@@]1(c3cc4nc(N(CCN(C)C)c5cn[nH]c5)ccc4o3)CC(=O)NC1=O)C2. The average Bonchev–Trinajstić information content (AvgIpc) is 3.71. The number of rotatable bonds is 9. The molecule has 1 atom stereocenters. The summed E-state index contributed by atoms with van der Waals surface area (Å²) in [6.45, 7) is 1.75. The summed E-state index contributed by atoms with van der Waals surface area (Å²) in [7, 11) is 5.54. The molecule has 3 aromatic heterocycles. The van der Waals surface area contributed by atoms with Crippen molar-refractivity contribution in [2.24, 2.45) is 0 Å². The smallest absolute Gasteiger partial charge is 0.254 e. The molecule has 206 valence electrons. The van der Waals surface area contributed by atoms with Gasteiger partial charge in [0.1, 0.15) is 28.3 Å². The lowest BCUT2D eigenvalue weighted by molar-refractivity contribution is -0.127. The normalized spacial score (nSPS) is 18.6. The van der Waals surface area contributed by atoms with E-state index in [2.05, 4.69) is 20.4 Å². The molecule has 12 nitrogen and oxygen atoms in total. The van der Waals surface area contributed by atoms with Gasteiger partial charge in [0.25, 0.3) is 5.91 Å². The lowest BCUT2D eigenvalue weighted by Crippen LogP contribution is -2.46. The first-order valence-corrected chi connectivity index (χ1v) is 12.9. The maximum absolute atomic E-state index is 13.3. The Balaban J connectivity index is 1.35. The van der Waals surface area contributed by atoms with Crippen LogP contribution in [0.25, 0.3) is 11.1 Å². The van der Waals surface area contributed by atoms with E-state index in [9.17, 15) is 14.4 Å². The number of methoxy groups -OCH3 is 1. The van der Waals surface area contributed by atoms with E-state index in [4.69, 9.17) is 14.1 Å². The van der Waals surface area contributed by atoms with Crippen LogP contribution >= 0.6 is 0 Å². The highest BCUT2D eigenvalue weighted by Crippen LogP contribution is 2.39. The molecular weight excluding hydrogens is 514 g/mol. The zero-order valence-electron chi connectivity index (χ0n) is 22.4. The second-order valence-electron chi connectivity index (χ2n) is 10.4. The van der Waals surface area contributed by atoms with Gasteiger partial charge in [-0.25, -0.2) is 4.98 Å². The number of imide groups is 1. The zero-order chi connectivity index (χ0) is 28.0. The second kappa shape index (κ2) is 9.79. The predicted molar refractivity (Wildman–Crippen MR) is 145 cm³/mol. The maximum Gasteiger partial charge on any atom is 0.254 e. The standard InChI is InChI=1S/C28H29N7O5/c1-33(2)8-9-35(18-13-29-30-14-18)24-7-6-22-21(31-24)11-23(40-22)28(12-25(36)32-27(28)38)16-34-15-17-4-5-19(39-3)10-20(17)26(34)37/h4-7,10-11,13-14H,8-9,12,15-16H2,1-3H3,(H,29,30)(H,32,36,38)/t28-/m1/s1. The van der Waals surface area contributed by atoms with Crippen molar-refractivity contribution in [2.75, 3.05) is 45.7 Å². The Hall–Kier alpha value is -4.71. The number of likely N-dealkylation sites (N-methyl/N-ethyl adjacent to an activating group) is 1. The van der Waals surface area contributed by atoms with Crippen LogP contribution in [-0.4, -0.2) is 83.5 Å². The van der Waals surface area contributed by atoms with Gasteiger partial charge in [0.05, 0.1) is 25.4 Å². The summed E-state index contributed by atoms with van der Waals surface area (Å²) in [6.07, 6.45) is 3.39. The number of aromatic nitrogens is 3. The molecule has 0 radical (unpaired) electrons. The van der Waals surface area contributed by atoms with Crippen LogP contribution in [0.2, 0.25) is 0 Å². The molecular formula is C28H29N7O5. The molecule has 1 saturated heterocycles. The van der Waals surface area contributed by atoms with E-state index >= 15 is 0 Å². The van der Waals surface area contributed by atoms with Crippen molar-refractivity contribution in [1.29, 1.82) is 0 Å². The van der Waals surface area contributed by atoms with E-state index in [0.717, 1.165) is 17.8 Å². The number of carbonyl (C=O) groups excluding carboxylic acids is 3. The predicted octanol–water partition coefficient (Wildman–Crippen LogP) is 2.20. The minimum absolute atomic E-state index is 0.0168. The largest absolute Gasteiger partial charge is 0.497 e. The Kier molecular flexibility index (Phi) is 6.26. The molecule has 0 unspecified atom stereocenters. The fourth-order valence-electron chi connectivity index (χ4n) is 5.34. The molecule has 0 spiro atoms. The Labute approximate surface area is 229 Å². The lowest BCUT2D eigenvalue weighted by atomic mass is 9.82. The molecule has 0 bridgehead atoms. The molecule has 12 heteroatoms. The number of anilines is 2. The molecule has 3 amide bonds. The molecule has 5 heterocycles. The number of H-pyrrole nitrogens is 1. The van der Waals surface area contributed by atoms with Crippen LogP contribution in [0.15, 0.2) is 53.2 Å². The number of nitrogens with one attached hydrogen (secondary N) is 2. The number of hydrogen-bond donors (Lipinski definition) is 2. The van der Waals surface area contributed by atoms with E-state index in [-0.39, 0.29) is 18.9 Å². The van der Waals surface area contributed by atoms with Gasteiger partial charge in [0.15, 0.2) is 5.58 Å². The third kappa shape index (κ3) is 4.35. The van der Waals surface area contributed by atoms with Gasteiger partial charge in [-0.2, -0.15) is 5.10 Å². The molecule has 0 aliphatic carbocycles. The lowest BCUT2D eigenvalue weighted by Gasteiger charge is -2.28. The molecule has 2 aliphatic heterocycles. The van der Waals surface area contributed by atoms with Crippen molar-refractivity contribution in [2.45, 2.75) is 18.4 Å². The van der Waals surface area contributed by atoms with Gasteiger partial charge in [0.2, 0.25) is 11.8 Å². The molecule has 2 aliphatic rings. The third-order valence-corrected chi connectivity index (χ3v) is 7.48. The van der Waals surface area contributed by atoms with E-state index in [1.165, 1.54) is 0 Å². The number of ether oxygens (including phenoxy) is 1. The Morgan fingerprint density at radius 2 is 1.98 bits per heavy atom. The van der Waals surface area contributed by atoms with E-state index < -0.39 is 17.2 Å². The summed E-state index contributed by atoms with van der Waals surface area (Å²) >= 11 is 0. The highest BCUT2D eigenvalue weighted by atomic mass is 16.5. The quantitative estimate of drug-likeness (QED) is 0.304. The number of nitrogens with zero attached hydrogens (tertiary/aromatic N) is 5. The van der Waals surface area contributed by atoms with E-state index in [1.807, 2.05) is 31.1 Å². The summed E-state index contributed by atoms with van der Waals surface area (Å²) in [6, 6.07) is 10.7. The van der Waals surface area contributed by atoms with Crippen molar-refractivity contribution in [3.05, 3.63) is 65.7 Å². The Morgan fingerprint density at radius 1 is 1.12 bits per heavy atom. The number of carbonyl (C=O) groups is 3. The number of aromatic amines is 1. The molecule has 4 aromatic rings. The topological polar surface area (TPSA) is 137 Å². The van der Waals surface area contributed by atoms with Gasteiger partial charge in [-0.1, -0.05) is 6.07 Å². The van der Waals surface area contributed by atoms with Crippen molar-refractivity contribution in [3.8, 4) is 5.75 Å². The first kappa shape index (κ1) is 25.6. The molecule has 6 rings (SSSR count). The van der Waals surface area contributed by atoms with Crippen LogP contribution < -0.4 is 15.0 Å².